The molecule has 0 radical (unpaired) electrons. The number of nitrogens with zero attached hydrogens (tertiary/aromatic N) is 2. The minimum atomic E-state index is 0.697. The third-order valence-electron chi connectivity index (χ3n) is 2.80. The molecular formula is C14H17BrClN3S. The summed E-state index contributed by atoms with van der Waals surface area (Å²) in [5.41, 5.74) is 1.02. The van der Waals surface area contributed by atoms with Crippen molar-refractivity contribution in [3.63, 3.8) is 0 Å². The van der Waals surface area contributed by atoms with Crippen molar-refractivity contribution in [2.45, 2.75) is 26.2 Å². The topological polar surface area (TPSA) is 37.8 Å². The maximum absolute atomic E-state index is 6.10. The summed E-state index contributed by atoms with van der Waals surface area (Å²) in [5.74, 6) is 0. The summed E-state index contributed by atoms with van der Waals surface area (Å²) in [7, 11) is 0. The fourth-order valence-corrected chi connectivity index (χ4v) is 3.07. The van der Waals surface area contributed by atoms with E-state index in [1.54, 1.807) is 11.3 Å². The second-order valence-corrected chi connectivity index (χ2v) is 6.81. The van der Waals surface area contributed by atoms with E-state index < -0.39 is 0 Å². The molecule has 20 heavy (non-hydrogen) atoms. The maximum Gasteiger partial charge on any atom is 0.147 e. The largest absolute Gasteiger partial charge is 0.317 e. The van der Waals surface area contributed by atoms with Crippen molar-refractivity contribution in [2.75, 3.05) is 13.1 Å². The van der Waals surface area contributed by atoms with Gasteiger partial charge in [-0.05, 0) is 54.0 Å². The molecule has 0 bridgehead atoms. The number of nitrogens with one attached hydrogen (secondary N) is 1. The van der Waals surface area contributed by atoms with Crippen LogP contribution in [0.25, 0.3) is 10.6 Å². The second-order valence-electron chi connectivity index (χ2n) is 4.48. The highest BCUT2D eigenvalue weighted by Gasteiger charge is 2.08. The number of aromatic nitrogens is 2. The Labute approximate surface area is 136 Å². The molecule has 0 fully saturated rings. The van der Waals surface area contributed by atoms with Crippen LogP contribution in [-0.4, -0.2) is 23.3 Å². The van der Waals surface area contributed by atoms with Gasteiger partial charge in [-0.1, -0.05) is 35.9 Å². The number of benzene rings is 1. The molecule has 0 aliphatic rings. The lowest BCUT2D eigenvalue weighted by Crippen LogP contribution is -2.16. The first-order chi connectivity index (χ1) is 9.70. The van der Waals surface area contributed by atoms with Crippen LogP contribution in [-0.2, 0) is 6.42 Å². The molecule has 0 unspecified atom stereocenters. The van der Waals surface area contributed by atoms with Gasteiger partial charge >= 0.3 is 0 Å². The standard InChI is InChI=1S/C14H17BrClN3S/c1-2-7-17-8-3-4-13-18-19-14(20-13)10-5-6-11(15)12(16)9-10/h5-6,9,17H,2-4,7-8H2,1H3. The quantitative estimate of drug-likeness (QED) is 0.722. The molecule has 0 aliphatic heterocycles. The Morgan fingerprint density at radius 2 is 2.15 bits per heavy atom. The Balaban J connectivity index is 1.93. The van der Waals surface area contributed by atoms with Crippen LogP contribution < -0.4 is 5.32 Å². The number of hydrogen-bond acceptors (Lipinski definition) is 4. The first kappa shape index (κ1) is 15.9. The van der Waals surface area contributed by atoms with Crippen molar-refractivity contribution in [1.29, 1.82) is 0 Å². The van der Waals surface area contributed by atoms with E-state index in [2.05, 4.69) is 38.4 Å². The van der Waals surface area contributed by atoms with Crippen molar-refractivity contribution < 1.29 is 0 Å². The molecule has 1 aromatic carbocycles. The van der Waals surface area contributed by atoms with E-state index in [-0.39, 0.29) is 0 Å². The summed E-state index contributed by atoms with van der Waals surface area (Å²) in [4.78, 5) is 0. The number of rotatable bonds is 7. The van der Waals surface area contributed by atoms with Gasteiger partial charge < -0.3 is 5.32 Å². The van der Waals surface area contributed by atoms with Crippen LogP contribution in [0, 0.1) is 0 Å². The zero-order valence-corrected chi connectivity index (χ0v) is 14.5. The number of hydrogen-bond donors (Lipinski definition) is 1. The molecule has 1 N–H and O–H groups in total. The van der Waals surface area contributed by atoms with Crippen molar-refractivity contribution in [3.05, 3.63) is 32.7 Å². The van der Waals surface area contributed by atoms with Crippen LogP contribution in [0.5, 0.6) is 0 Å². The zero-order chi connectivity index (χ0) is 14.4. The van der Waals surface area contributed by atoms with Crippen LogP contribution in [0.4, 0.5) is 0 Å². The summed E-state index contributed by atoms with van der Waals surface area (Å²) >= 11 is 11.1. The first-order valence-electron chi connectivity index (χ1n) is 6.69. The van der Waals surface area contributed by atoms with Crippen LogP contribution in [0.1, 0.15) is 24.8 Å². The molecule has 0 spiro atoms. The molecule has 0 saturated heterocycles. The molecule has 0 amide bonds. The Bertz CT molecular complexity index is 559. The molecule has 108 valence electrons. The van der Waals surface area contributed by atoms with Crippen LogP contribution >= 0.6 is 38.9 Å². The van der Waals surface area contributed by atoms with Gasteiger partial charge in [-0.25, -0.2) is 0 Å². The van der Waals surface area contributed by atoms with E-state index in [1.807, 2.05) is 18.2 Å². The van der Waals surface area contributed by atoms with Gasteiger partial charge in [0.15, 0.2) is 0 Å². The summed E-state index contributed by atoms with van der Waals surface area (Å²) < 4.78 is 0.898. The molecule has 0 aliphatic carbocycles. The SMILES string of the molecule is CCCNCCCc1nnc(-c2ccc(Br)c(Cl)c2)s1. The van der Waals surface area contributed by atoms with Crippen LogP contribution in [0.3, 0.4) is 0 Å². The third-order valence-corrected chi connectivity index (χ3v) is 5.07. The minimum Gasteiger partial charge on any atom is -0.317 e. The van der Waals surface area contributed by atoms with Gasteiger partial charge in [-0.3, -0.25) is 0 Å². The van der Waals surface area contributed by atoms with E-state index in [9.17, 15) is 0 Å². The first-order valence-corrected chi connectivity index (χ1v) is 8.68. The molecule has 6 heteroatoms. The second kappa shape index (κ2) is 8.08. The average Bonchev–Trinajstić information content (AvgIpc) is 2.90. The summed E-state index contributed by atoms with van der Waals surface area (Å²) in [6, 6.07) is 5.86. The van der Waals surface area contributed by atoms with Gasteiger partial charge in [0.1, 0.15) is 10.0 Å². The highest BCUT2D eigenvalue weighted by atomic mass is 79.9. The zero-order valence-electron chi connectivity index (χ0n) is 11.3. The van der Waals surface area contributed by atoms with Gasteiger partial charge in [0.2, 0.25) is 0 Å². The number of aryl methyl sites for hydroxylation is 1. The Morgan fingerprint density at radius 3 is 2.90 bits per heavy atom. The normalized spacial score (nSPS) is 10.9. The highest BCUT2D eigenvalue weighted by Crippen LogP contribution is 2.30. The highest BCUT2D eigenvalue weighted by molar-refractivity contribution is 9.10. The summed E-state index contributed by atoms with van der Waals surface area (Å²) in [5, 5.41) is 14.6. The van der Waals surface area contributed by atoms with Crippen molar-refractivity contribution in [1.82, 2.24) is 15.5 Å². The monoisotopic (exact) mass is 373 g/mol. The maximum atomic E-state index is 6.10. The van der Waals surface area contributed by atoms with Crippen LogP contribution in [0.15, 0.2) is 22.7 Å². The summed E-state index contributed by atoms with van der Waals surface area (Å²) in [6.07, 6.45) is 3.24. The Kier molecular flexibility index (Phi) is 6.42. The summed E-state index contributed by atoms with van der Waals surface area (Å²) in [6.45, 7) is 4.29. The molecule has 1 heterocycles. The van der Waals surface area contributed by atoms with Crippen molar-refractivity contribution in [2.24, 2.45) is 0 Å². The van der Waals surface area contributed by atoms with E-state index in [0.29, 0.717) is 5.02 Å². The molecule has 0 saturated carbocycles. The van der Waals surface area contributed by atoms with E-state index in [1.165, 1.54) is 6.42 Å². The smallest absolute Gasteiger partial charge is 0.147 e. The fraction of sp³-hybridized carbons (Fsp3) is 0.429. The van der Waals surface area contributed by atoms with E-state index in [0.717, 1.165) is 46.0 Å². The van der Waals surface area contributed by atoms with Gasteiger partial charge in [0.05, 0.1) is 5.02 Å². The molecule has 1 aromatic heterocycles. The lowest BCUT2D eigenvalue weighted by molar-refractivity contribution is 0.637. The lowest BCUT2D eigenvalue weighted by atomic mass is 10.2. The molecular weight excluding hydrogens is 358 g/mol. The molecule has 3 nitrogen and oxygen atoms in total. The van der Waals surface area contributed by atoms with Crippen molar-refractivity contribution in [3.8, 4) is 10.6 Å². The third kappa shape index (κ3) is 4.52. The lowest BCUT2D eigenvalue weighted by Gasteiger charge is -2.00. The van der Waals surface area contributed by atoms with E-state index >= 15 is 0 Å². The average molecular weight is 375 g/mol. The predicted octanol–water partition coefficient (Wildman–Crippen LogP) is 4.55. The van der Waals surface area contributed by atoms with Crippen LogP contribution in [0.2, 0.25) is 5.02 Å². The van der Waals surface area contributed by atoms with Gasteiger partial charge in [-0.2, -0.15) is 0 Å². The van der Waals surface area contributed by atoms with E-state index in [4.69, 9.17) is 11.6 Å². The Morgan fingerprint density at radius 1 is 1.30 bits per heavy atom. The van der Waals surface area contributed by atoms with Crippen molar-refractivity contribution >= 4 is 38.9 Å². The number of halogens is 2. The molecule has 2 rings (SSSR count). The van der Waals surface area contributed by atoms with Gasteiger partial charge in [0.25, 0.3) is 0 Å². The molecule has 0 atom stereocenters. The van der Waals surface area contributed by atoms with Gasteiger partial charge in [-0.15, -0.1) is 10.2 Å². The Hall–Kier alpha value is -0.490. The predicted molar refractivity (Wildman–Crippen MR) is 89.5 cm³/mol. The minimum absolute atomic E-state index is 0.697. The fourth-order valence-electron chi connectivity index (χ4n) is 1.77. The van der Waals surface area contributed by atoms with Gasteiger partial charge in [0, 0.05) is 16.5 Å². The molecule has 2 aromatic rings.